The highest BCUT2D eigenvalue weighted by molar-refractivity contribution is 5.97. The third-order valence-electron chi connectivity index (χ3n) is 2.83. The second-order valence-corrected chi connectivity index (χ2v) is 3.88. The van der Waals surface area contributed by atoms with E-state index in [1.165, 1.54) is 11.0 Å². The van der Waals surface area contributed by atoms with Crippen LogP contribution in [0.3, 0.4) is 0 Å². The average Bonchev–Trinajstić information content (AvgIpc) is 2.32. The summed E-state index contributed by atoms with van der Waals surface area (Å²) in [4.78, 5) is 23.8. The van der Waals surface area contributed by atoms with Gasteiger partial charge in [0.05, 0.1) is 12.1 Å². The van der Waals surface area contributed by atoms with Gasteiger partial charge in [-0.3, -0.25) is 4.79 Å². The van der Waals surface area contributed by atoms with Crippen molar-refractivity contribution in [3.63, 3.8) is 0 Å². The quantitative estimate of drug-likeness (QED) is 0.869. The van der Waals surface area contributed by atoms with Crippen molar-refractivity contribution < 1.29 is 19.1 Å². The number of fused-ring (bicyclic) bond motifs is 1. The van der Waals surface area contributed by atoms with Crippen molar-refractivity contribution in [1.82, 2.24) is 0 Å². The first-order valence-electron chi connectivity index (χ1n) is 5.36. The summed E-state index contributed by atoms with van der Waals surface area (Å²) < 4.78 is 12.4. The molecule has 5 heteroatoms. The van der Waals surface area contributed by atoms with Crippen LogP contribution in [-0.4, -0.2) is 30.2 Å². The number of anilines is 1. The average molecular weight is 237 g/mol. The maximum atomic E-state index is 12.4. The van der Waals surface area contributed by atoms with Gasteiger partial charge in [-0.25, -0.2) is 9.18 Å². The molecule has 0 fully saturated rings. The molecule has 1 aliphatic rings. The van der Waals surface area contributed by atoms with Crippen molar-refractivity contribution in [2.75, 3.05) is 18.1 Å². The molecule has 0 spiro atoms. The molecule has 0 bridgehead atoms. The van der Waals surface area contributed by atoms with Crippen LogP contribution in [0.15, 0.2) is 18.2 Å². The van der Waals surface area contributed by atoms with Gasteiger partial charge in [-0.05, 0) is 30.2 Å². The molecule has 1 amide bonds. The van der Waals surface area contributed by atoms with Crippen LogP contribution in [-0.2, 0) is 11.2 Å². The van der Waals surface area contributed by atoms with Crippen molar-refractivity contribution in [1.29, 1.82) is 0 Å². The van der Waals surface area contributed by atoms with E-state index >= 15 is 0 Å². The Kier molecular flexibility index (Phi) is 3.08. The fourth-order valence-electron chi connectivity index (χ4n) is 2.02. The summed E-state index contributed by atoms with van der Waals surface area (Å²) in [5, 5.41) is 8.87. The number of carboxylic acid groups (broad SMARTS) is 1. The zero-order valence-corrected chi connectivity index (χ0v) is 9.15. The second kappa shape index (κ2) is 4.53. The van der Waals surface area contributed by atoms with Crippen LogP contribution < -0.4 is 4.90 Å². The molecule has 1 aromatic carbocycles. The van der Waals surface area contributed by atoms with E-state index < -0.39 is 12.6 Å². The summed E-state index contributed by atoms with van der Waals surface area (Å²) in [5.41, 5.74) is 1.61. The number of carbonyl (C=O) groups excluding carboxylic acids is 1. The number of alkyl halides is 1. The first-order valence-corrected chi connectivity index (χ1v) is 5.36. The maximum absolute atomic E-state index is 12.4. The van der Waals surface area contributed by atoms with Gasteiger partial charge in [0.2, 0.25) is 5.91 Å². The third kappa shape index (κ3) is 2.13. The third-order valence-corrected chi connectivity index (χ3v) is 2.83. The van der Waals surface area contributed by atoms with Gasteiger partial charge in [0, 0.05) is 12.1 Å². The molecule has 1 aliphatic heterocycles. The molecular weight excluding hydrogens is 225 g/mol. The van der Waals surface area contributed by atoms with Gasteiger partial charge in [0.25, 0.3) is 0 Å². The number of amides is 1. The van der Waals surface area contributed by atoms with Gasteiger partial charge < -0.3 is 10.0 Å². The summed E-state index contributed by atoms with van der Waals surface area (Å²) in [7, 11) is 0. The molecule has 2 rings (SSSR count). The largest absolute Gasteiger partial charge is 0.478 e. The fourth-order valence-corrected chi connectivity index (χ4v) is 2.02. The van der Waals surface area contributed by atoms with E-state index in [1.807, 2.05) is 0 Å². The summed E-state index contributed by atoms with van der Waals surface area (Å²) in [6, 6.07) is 4.56. The molecule has 0 atom stereocenters. The van der Waals surface area contributed by atoms with Gasteiger partial charge in [-0.2, -0.15) is 0 Å². The van der Waals surface area contributed by atoms with Crippen molar-refractivity contribution >= 4 is 17.6 Å². The number of rotatable bonds is 3. The molecule has 0 unspecified atom stereocenters. The van der Waals surface area contributed by atoms with Gasteiger partial charge in [-0.15, -0.1) is 0 Å². The maximum Gasteiger partial charge on any atom is 0.335 e. The SMILES string of the molecule is O=C(O)c1ccc2c(c1)CCC(=O)N2CCF. The number of hydrogen-bond acceptors (Lipinski definition) is 2. The normalized spacial score (nSPS) is 14.6. The Morgan fingerprint density at radius 2 is 2.18 bits per heavy atom. The Morgan fingerprint density at radius 1 is 1.41 bits per heavy atom. The Balaban J connectivity index is 2.40. The molecule has 90 valence electrons. The van der Waals surface area contributed by atoms with Crippen molar-refractivity contribution in [2.24, 2.45) is 0 Å². The summed E-state index contributed by atoms with van der Waals surface area (Å²) in [5.74, 6) is -1.11. The summed E-state index contributed by atoms with van der Waals surface area (Å²) in [6.45, 7) is -0.579. The van der Waals surface area contributed by atoms with E-state index in [-0.39, 0.29) is 18.0 Å². The minimum Gasteiger partial charge on any atom is -0.478 e. The number of aromatic carboxylic acids is 1. The van der Waals surface area contributed by atoms with E-state index in [2.05, 4.69) is 0 Å². The lowest BCUT2D eigenvalue weighted by atomic mass is 9.99. The van der Waals surface area contributed by atoms with Crippen LogP contribution in [0.5, 0.6) is 0 Å². The number of nitrogens with zero attached hydrogens (tertiary/aromatic N) is 1. The summed E-state index contributed by atoms with van der Waals surface area (Å²) in [6.07, 6.45) is 0.814. The number of hydrogen-bond donors (Lipinski definition) is 1. The number of halogens is 1. The number of carboxylic acids is 1. The van der Waals surface area contributed by atoms with Crippen LogP contribution >= 0.6 is 0 Å². The molecule has 4 nitrogen and oxygen atoms in total. The highest BCUT2D eigenvalue weighted by atomic mass is 19.1. The molecule has 1 aromatic rings. The topological polar surface area (TPSA) is 57.6 Å². The van der Waals surface area contributed by atoms with Gasteiger partial charge in [0.15, 0.2) is 0 Å². The van der Waals surface area contributed by atoms with Gasteiger partial charge in [0.1, 0.15) is 6.67 Å². The number of benzene rings is 1. The lowest BCUT2D eigenvalue weighted by Gasteiger charge is -2.28. The van der Waals surface area contributed by atoms with Crippen molar-refractivity contribution in [2.45, 2.75) is 12.8 Å². The predicted molar refractivity (Wildman–Crippen MR) is 60.1 cm³/mol. The summed E-state index contributed by atoms with van der Waals surface area (Å²) >= 11 is 0. The van der Waals surface area contributed by atoms with Crippen LogP contribution in [0.2, 0.25) is 0 Å². The van der Waals surface area contributed by atoms with E-state index in [0.29, 0.717) is 18.5 Å². The Bertz CT molecular complexity index is 473. The van der Waals surface area contributed by atoms with Crippen LogP contribution in [0, 0.1) is 0 Å². The molecule has 17 heavy (non-hydrogen) atoms. The van der Waals surface area contributed by atoms with E-state index in [1.54, 1.807) is 12.1 Å². The predicted octanol–water partition coefficient (Wildman–Crippen LogP) is 1.63. The molecule has 0 aliphatic carbocycles. The van der Waals surface area contributed by atoms with Crippen molar-refractivity contribution in [3.8, 4) is 0 Å². The van der Waals surface area contributed by atoms with Crippen LogP contribution in [0.25, 0.3) is 0 Å². The fraction of sp³-hybridized carbons (Fsp3) is 0.333. The Morgan fingerprint density at radius 3 is 2.82 bits per heavy atom. The number of carbonyl (C=O) groups is 2. The second-order valence-electron chi connectivity index (χ2n) is 3.88. The lowest BCUT2D eigenvalue weighted by Crippen LogP contribution is -2.36. The van der Waals surface area contributed by atoms with Crippen molar-refractivity contribution in [3.05, 3.63) is 29.3 Å². The van der Waals surface area contributed by atoms with E-state index in [9.17, 15) is 14.0 Å². The molecule has 0 aromatic heterocycles. The van der Waals surface area contributed by atoms with Crippen LogP contribution in [0.4, 0.5) is 10.1 Å². The smallest absolute Gasteiger partial charge is 0.335 e. The molecule has 1 heterocycles. The Labute approximate surface area is 97.7 Å². The highest BCUT2D eigenvalue weighted by Gasteiger charge is 2.24. The Hall–Kier alpha value is -1.91. The highest BCUT2D eigenvalue weighted by Crippen LogP contribution is 2.28. The van der Waals surface area contributed by atoms with Crippen LogP contribution in [0.1, 0.15) is 22.3 Å². The number of aryl methyl sites for hydroxylation is 1. The molecule has 1 N–H and O–H groups in total. The first-order chi connectivity index (χ1) is 8.13. The molecular formula is C12H12FNO3. The zero-order valence-electron chi connectivity index (χ0n) is 9.15. The standard InChI is InChI=1S/C12H12FNO3/c13-5-6-14-10-3-1-9(12(16)17)7-8(10)2-4-11(14)15/h1,3,7H,2,4-6H2,(H,16,17). The molecule has 0 saturated heterocycles. The van der Waals surface area contributed by atoms with E-state index in [4.69, 9.17) is 5.11 Å². The minimum absolute atomic E-state index is 0.0260. The zero-order chi connectivity index (χ0) is 12.4. The minimum atomic E-state index is -0.998. The monoisotopic (exact) mass is 237 g/mol. The van der Waals surface area contributed by atoms with E-state index in [0.717, 1.165) is 5.56 Å². The molecule has 0 saturated carbocycles. The lowest BCUT2D eigenvalue weighted by molar-refractivity contribution is -0.118. The van der Waals surface area contributed by atoms with Gasteiger partial charge in [-0.1, -0.05) is 0 Å². The first kappa shape index (κ1) is 11.6. The molecule has 0 radical (unpaired) electrons. The van der Waals surface area contributed by atoms with Gasteiger partial charge >= 0.3 is 5.97 Å².